The predicted octanol–water partition coefficient (Wildman–Crippen LogP) is 5.59. The van der Waals surface area contributed by atoms with Crippen LogP contribution in [0.1, 0.15) is 39.1 Å². The molecule has 0 saturated carbocycles. The van der Waals surface area contributed by atoms with E-state index in [0.717, 1.165) is 18.7 Å². The molecule has 0 aromatic heterocycles. The number of para-hydroxylation sites is 1. The molecule has 1 fully saturated rings. The van der Waals surface area contributed by atoms with Gasteiger partial charge in [-0.2, -0.15) is 0 Å². The van der Waals surface area contributed by atoms with Gasteiger partial charge in [-0.25, -0.2) is 0 Å². The first-order valence-corrected chi connectivity index (χ1v) is 11.7. The van der Waals surface area contributed by atoms with Gasteiger partial charge in [-0.1, -0.05) is 36.4 Å². The first-order chi connectivity index (χ1) is 15.6. The van der Waals surface area contributed by atoms with E-state index in [4.69, 9.17) is 0 Å². The summed E-state index contributed by atoms with van der Waals surface area (Å²) in [6.07, 6.45) is 3.61. The third kappa shape index (κ3) is 5.64. The second-order valence-corrected chi connectivity index (χ2v) is 8.78. The topological polar surface area (TPSA) is 61.4 Å². The molecule has 1 aliphatic heterocycles. The van der Waals surface area contributed by atoms with Gasteiger partial charge < -0.3 is 15.5 Å². The monoisotopic (exact) mass is 491 g/mol. The van der Waals surface area contributed by atoms with Crippen LogP contribution in [0.4, 0.5) is 11.4 Å². The number of nitrogens with one attached hydrogen (secondary N) is 2. The van der Waals surface area contributed by atoms with Gasteiger partial charge in [0, 0.05) is 16.7 Å². The van der Waals surface area contributed by atoms with Crippen molar-refractivity contribution in [3.63, 3.8) is 0 Å². The summed E-state index contributed by atoms with van der Waals surface area (Å²) in [5, 5.41) is 5.79. The Hall–Kier alpha value is -2.96. The van der Waals surface area contributed by atoms with E-state index in [1.807, 2.05) is 24.3 Å². The zero-order valence-electron chi connectivity index (χ0n) is 17.8. The van der Waals surface area contributed by atoms with Gasteiger partial charge >= 0.3 is 0 Å². The Labute approximate surface area is 197 Å². The van der Waals surface area contributed by atoms with Crippen molar-refractivity contribution in [3.05, 3.63) is 94.0 Å². The fourth-order valence-electron chi connectivity index (χ4n) is 3.87. The third-order valence-electron chi connectivity index (χ3n) is 5.67. The molecule has 4 rings (SSSR count). The third-order valence-corrected chi connectivity index (χ3v) is 6.36. The molecule has 1 heterocycles. The van der Waals surface area contributed by atoms with Crippen LogP contribution in [0.25, 0.3) is 0 Å². The molecular weight excluding hydrogens is 466 g/mol. The van der Waals surface area contributed by atoms with Crippen LogP contribution in [0.15, 0.2) is 77.3 Å². The highest BCUT2D eigenvalue weighted by atomic mass is 79.9. The van der Waals surface area contributed by atoms with Crippen LogP contribution in [-0.2, 0) is 6.42 Å². The summed E-state index contributed by atoms with van der Waals surface area (Å²) in [7, 11) is 0. The number of carbonyl (C=O) groups excluding carboxylic acids is 2. The Morgan fingerprint density at radius 2 is 1.41 bits per heavy atom. The van der Waals surface area contributed by atoms with Crippen molar-refractivity contribution in [2.24, 2.45) is 0 Å². The smallest absolute Gasteiger partial charge is 0.257 e. The summed E-state index contributed by atoms with van der Waals surface area (Å²) < 4.78 is 0.698. The Morgan fingerprint density at radius 1 is 0.781 bits per heavy atom. The standard InChI is InChI=1S/C26H26BrN3O2/c27-23-9-3-1-7-21(23)25(31)29-24-10-4-2-8-22(24)26(32)28-20-13-11-19(12-14-20)15-18-30-16-5-6-17-30/h1-4,7-14H,5-6,15-18H2,(H,28,32)(H,29,31). The van der Waals surface area contributed by atoms with Crippen LogP contribution < -0.4 is 10.6 Å². The lowest BCUT2D eigenvalue weighted by molar-refractivity contribution is 0.102. The number of hydrogen-bond donors (Lipinski definition) is 2. The maximum Gasteiger partial charge on any atom is 0.257 e. The zero-order chi connectivity index (χ0) is 22.3. The molecule has 5 nitrogen and oxygen atoms in total. The van der Waals surface area contributed by atoms with E-state index in [1.54, 1.807) is 36.4 Å². The Balaban J connectivity index is 1.40. The van der Waals surface area contributed by atoms with Crippen molar-refractivity contribution in [2.75, 3.05) is 30.3 Å². The SMILES string of the molecule is O=C(Nc1ccccc1C(=O)Nc1ccc(CCN2CCCC2)cc1)c1ccccc1Br. The molecule has 32 heavy (non-hydrogen) atoms. The van der Waals surface area contributed by atoms with E-state index < -0.39 is 0 Å². The van der Waals surface area contributed by atoms with E-state index in [2.05, 4.69) is 43.6 Å². The van der Waals surface area contributed by atoms with Gasteiger partial charge in [0.05, 0.1) is 16.8 Å². The van der Waals surface area contributed by atoms with E-state index in [-0.39, 0.29) is 11.8 Å². The first kappa shape index (κ1) is 22.2. The molecular formula is C26H26BrN3O2. The molecule has 0 atom stereocenters. The van der Waals surface area contributed by atoms with Gasteiger partial charge in [0.1, 0.15) is 0 Å². The molecule has 2 amide bonds. The quantitative estimate of drug-likeness (QED) is 0.452. The number of halogens is 1. The van der Waals surface area contributed by atoms with E-state index >= 15 is 0 Å². The van der Waals surface area contributed by atoms with Crippen LogP contribution in [0.3, 0.4) is 0 Å². The summed E-state index contributed by atoms with van der Waals surface area (Å²) in [5.74, 6) is -0.544. The van der Waals surface area contributed by atoms with Crippen LogP contribution >= 0.6 is 15.9 Å². The van der Waals surface area contributed by atoms with Crippen molar-refractivity contribution in [2.45, 2.75) is 19.3 Å². The summed E-state index contributed by atoms with van der Waals surface area (Å²) in [4.78, 5) is 28.1. The molecule has 1 aliphatic rings. The van der Waals surface area contributed by atoms with Crippen molar-refractivity contribution in [3.8, 4) is 0 Å². The summed E-state index contributed by atoms with van der Waals surface area (Å²) in [6.45, 7) is 3.48. The van der Waals surface area contributed by atoms with Gasteiger partial charge in [-0.3, -0.25) is 9.59 Å². The average molecular weight is 492 g/mol. The zero-order valence-corrected chi connectivity index (χ0v) is 19.4. The number of nitrogens with zero attached hydrogens (tertiary/aromatic N) is 1. The highest BCUT2D eigenvalue weighted by molar-refractivity contribution is 9.10. The second-order valence-electron chi connectivity index (χ2n) is 7.93. The van der Waals surface area contributed by atoms with Gasteiger partial charge in [0.15, 0.2) is 0 Å². The van der Waals surface area contributed by atoms with Crippen molar-refractivity contribution >= 4 is 39.1 Å². The first-order valence-electron chi connectivity index (χ1n) is 10.9. The molecule has 6 heteroatoms. The van der Waals surface area contributed by atoms with Crippen LogP contribution in [-0.4, -0.2) is 36.3 Å². The molecule has 0 unspecified atom stereocenters. The minimum absolute atomic E-state index is 0.266. The molecule has 3 aromatic carbocycles. The van der Waals surface area contributed by atoms with E-state index in [1.165, 1.54) is 31.5 Å². The lowest BCUT2D eigenvalue weighted by Crippen LogP contribution is -2.21. The van der Waals surface area contributed by atoms with Gasteiger partial charge in [0.25, 0.3) is 11.8 Å². The number of rotatable bonds is 7. The number of anilines is 2. The lowest BCUT2D eigenvalue weighted by atomic mass is 10.1. The number of carbonyl (C=O) groups is 2. The van der Waals surface area contributed by atoms with Crippen LogP contribution in [0.5, 0.6) is 0 Å². The maximum absolute atomic E-state index is 12.9. The molecule has 2 N–H and O–H groups in total. The molecule has 0 bridgehead atoms. The normalized spacial score (nSPS) is 13.7. The lowest BCUT2D eigenvalue weighted by Gasteiger charge is -2.14. The molecule has 0 spiro atoms. The number of amides is 2. The van der Waals surface area contributed by atoms with Gasteiger partial charge in [-0.15, -0.1) is 0 Å². The fraction of sp³-hybridized carbons (Fsp3) is 0.231. The van der Waals surface area contributed by atoms with Crippen molar-refractivity contribution < 1.29 is 9.59 Å². The number of hydrogen-bond acceptors (Lipinski definition) is 3. The number of likely N-dealkylation sites (tertiary alicyclic amines) is 1. The molecule has 1 saturated heterocycles. The highest BCUT2D eigenvalue weighted by Gasteiger charge is 2.16. The van der Waals surface area contributed by atoms with Gasteiger partial charge in [-0.05, 0) is 90.2 Å². The number of benzene rings is 3. The van der Waals surface area contributed by atoms with E-state index in [0.29, 0.717) is 21.3 Å². The average Bonchev–Trinajstić information content (AvgIpc) is 3.33. The Morgan fingerprint density at radius 3 is 2.12 bits per heavy atom. The van der Waals surface area contributed by atoms with Crippen LogP contribution in [0.2, 0.25) is 0 Å². The van der Waals surface area contributed by atoms with Crippen molar-refractivity contribution in [1.29, 1.82) is 0 Å². The predicted molar refractivity (Wildman–Crippen MR) is 132 cm³/mol. The van der Waals surface area contributed by atoms with E-state index in [9.17, 15) is 9.59 Å². The fourth-order valence-corrected chi connectivity index (χ4v) is 4.34. The summed E-state index contributed by atoms with van der Waals surface area (Å²) in [5.41, 5.74) is 3.37. The molecule has 164 valence electrons. The molecule has 3 aromatic rings. The summed E-state index contributed by atoms with van der Waals surface area (Å²) in [6, 6.07) is 22.2. The highest BCUT2D eigenvalue weighted by Crippen LogP contribution is 2.21. The second kappa shape index (κ2) is 10.6. The Kier molecular flexibility index (Phi) is 7.35. The minimum Gasteiger partial charge on any atom is -0.322 e. The molecule has 0 aliphatic carbocycles. The van der Waals surface area contributed by atoms with Gasteiger partial charge in [0.2, 0.25) is 0 Å². The molecule has 0 radical (unpaired) electrons. The Bertz CT molecular complexity index is 1090. The minimum atomic E-state index is -0.278. The summed E-state index contributed by atoms with van der Waals surface area (Å²) >= 11 is 3.40. The van der Waals surface area contributed by atoms with Crippen LogP contribution in [0, 0.1) is 0 Å². The maximum atomic E-state index is 12.9. The largest absolute Gasteiger partial charge is 0.322 e. The van der Waals surface area contributed by atoms with Crippen molar-refractivity contribution in [1.82, 2.24) is 4.90 Å².